The molecule has 1 aliphatic carbocycles. The smallest absolute Gasteiger partial charge is 0.224 e. The van der Waals surface area contributed by atoms with Crippen molar-refractivity contribution in [2.45, 2.75) is 26.3 Å². The summed E-state index contributed by atoms with van der Waals surface area (Å²) in [5, 5.41) is 6.59. The summed E-state index contributed by atoms with van der Waals surface area (Å²) in [6, 6.07) is 5.97. The van der Waals surface area contributed by atoms with Gasteiger partial charge >= 0.3 is 0 Å². The van der Waals surface area contributed by atoms with Crippen LogP contribution in [0.3, 0.4) is 0 Å². The molecule has 0 aromatic carbocycles. The van der Waals surface area contributed by atoms with E-state index in [1.54, 1.807) is 0 Å². The number of hydrogen-bond donors (Lipinski definition) is 2. The van der Waals surface area contributed by atoms with Crippen molar-refractivity contribution in [1.82, 2.24) is 20.0 Å². The summed E-state index contributed by atoms with van der Waals surface area (Å²) in [5.41, 5.74) is 2.51. The molecule has 116 valence electrons. The predicted octanol–water partition coefficient (Wildman–Crippen LogP) is 1.46. The van der Waals surface area contributed by atoms with E-state index in [1.807, 2.05) is 31.3 Å². The van der Waals surface area contributed by atoms with Gasteiger partial charge in [-0.15, -0.1) is 0 Å². The van der Waals surface area contributed by atoms with Gasteiger partial charge in [0.15, 0.2) is 0 Å². The molecule has 1 unspecified atom stereocenters. The Morgan fingerprint density at radius 1 is 1.36 bits per heavy atom. The van der Waals surface area contributed by atoms with Gasteiger partial charge < -0.3 is 15.0 Å². The molecular weight excluding hydrogens is 276 g/mol. The van der Waals surface area contributed by atoms with Gasteiger partial charge in [-0.05, 0) is 57.8 Å². The predicted molar refractivity (Wildman–Crippen MR) is 84.4 cm³/mol. The number of aromatic nitrogens is 2. The molecule has 1 aliphatic heterocycles. The Kier molecular flexibility index (Phi) is 2.85. The van der Waals surface area contributed by atoms with E-state index in [1.165, 1.54) is 0 Å². The first kappa shape index (κ1) is 13.8. The van der Waals surface area contributed by atoms with Crippen LogP contribution in [-0.2, 0) is 10.3 Å². The maximum absolute atomic E-state index is 12.6. The van der Waals surface area contributed by atoms with Crippen LogP contribution in [-0.4, -0.2) is 28.4 Å². The van der Waals surface area contributed by atoms with Crippen LogP contribution in [0, 0.1) is 24.7 Å². The van der Waals surface area contributed by atoms with Gasteiger partial charge in [-0.2, -0.15) is 0 Å². The number of fused-ring (bicyclic) bond motifs is 2. The average Bonchev–Trinajstić information content (AvgIpc) is 2.81. The van der Waals surface area contributed by atoms with Crippen molar-refractivity contribution in [1.29, 1.82) is 0 Å². The summed E-state index contributed by atoms with van der Waals surface area (Å²) >= 11 is 0. The fourth-order valence-electron chi connectivity index (χ4n) is 4.12. The molecule has 1 saturated carbocycles. The Morgan fingerprint density at radius 3 is 2.82 bits per heavy atom. The minimum atomic E-state index is -0.438. The molecule has 3 heterocycles. The lowest BCUT2D eigenvalue weighted by atomic mass is 9.98. The number of rotatable bonds is 3. The molecule has 2 fully saturated rings. The highest BCUT2D eigenvalue weighted by molar-refractivity contribution is 5.83. The van der Waals surface area contributed by atoms with Gasteiger partial charge in [0.05, 0.1) is 16.9 Å². The number of nitrogens with zero attached hydrogens (tertiary/aromatic N) is 2. The minimum Gasteiger partial charge on any atom is -0.345 e. The van der Waals surface area contributed by atoms with Crippen LogP contribution in [0.25, 0.3) is 5.65 Å². The van der Waals surface area contributed by atoms with Crippen LogP contribution >= 0.6 is 0 Å². The lowest BCUT2D eigenvalue weighted by Gasteiger charge is -2.27. The second-order valence-corrected chi connectivity index (χ2v) is 7.10. The molecule has 0 spiro atoms. The molecule has 5 nitrogen and oxygen atoms in total. The van der Waals surface area contributed by atoms with Gasteiger partial charge in [-0.1, -0.05) is 6.07 Å². The van der Waals surface area contributed by atoms with E-state index in [9.17, 15) is 4.79 Å². The minimum absolute atomic E-state index is 0.187. The Labute approximate surface area is 130 Å². The maximum atomic E-state index is 12.6. The summed E-state index contributed by atoms with van der Waals surface area (Å²) in [7, 11) is 0. The summed E-state index contributed by atoms with van der Waals surface area (Å²) in [5.74, 6) is 1.46. The molecule has 1 saturated heterocycles. The van der Waals surface area contributed by atoms with Crippen molar-refractivity contribution < 1.29 is 4.79 Å². The highest BCUT2D eigenvalue weighted by Crippen LogP contribution is 2.49. The van der Waals surface area contributed by atoms with E-state index in [2.05, 4.69) is 33.9 Å². The molecule has 4 rings (SSSR count). The molecule has 0 radical (unpaired) electrons. The largest absolute Gasteiger partial charge is 0.345 e. The number of hydrogen-bond acceptors (Lipinski definition) is 3. The first-order chi connectivity index (χ1) is 10.5. The summed E-state index contributed by atoms with van der Waals surface area (Å²) in [6.07, 6.45) is 2.01. The number of pyridine rings is 1. The van der Waals surface area contributed by atoms with Crippen molar-refractivity contribution in [2.75, 3.05) is 13.1 Å². The highest BCUT2D eigenvalue weighted by atomic mass is 16.2. The SMILES string of the molecule is Cc1nc2ccccn2c1C(C)(C)NC(=O)C1[C@H]2CNC[C@@H]12. The standard InChI is InChI=1S/C17H22N4O/c1-10-15(21-7-5-4-6-13(21)19-10)17(2,3)20-16(22)14-11-8-18-9-12(11)14/h4-7,11-12,14,18H,8-9H2,1-3H3,(H,20,22)/t11-,12+,14?. The molecular formula is C17H22N4O. The van der Waals surface area contributed by atoms with Gasteiger partial charge in [0.1, 0.15) is 5.65 Å². The van der Waals surface area contributed by atoms with Crippen LogP contribution in [0.15, 0.2) is 24.4 Å². The zero-order valence-electron chi connectivity index (χ0n) is 13.3. The summed E-state index contributed by atoms with van der Waals surface area (Å²) in [6.45, 7) is 8.09. The first-order valence-corrected chi connectivity index (χ1v) is 7.96. The molecule has 2 aliphatic rings. The Balaban J connectivity index is 1.62. The number of carbonyl (C=O) groups excluding carboxylic acids is 1. The molecule has 3 atom stereocenters. The molecule has 22 heavy (non-hydrogen) atoms. The second-order valence-electron chi connectivity index (χ2n) is 7.10. The van der Waals surface area contributed by atoms with Crippen LogP contribution in [0.2, 0.25) is 0 Å². The third-order valence-electron chi connectivity index (χ3n) is 5.13. The lowest BCUT2D eigenvalue weighted by Crippen LogP contribution is -2.44. The summed E-state index contributed by atoms with van der Waals surface area (Å²) in [4.78, 5) is 17.2. The van der Waals surface area contributed by atoms with Gasteiger partial charge in [-0.3, -0.25) is 4.79 Å². The van der Waals surface area contributed by atoms with Gasteiger partial charge in [0.25, 0.3) is 0 Å². The fraction of sp³-hybridized carbons (Fsp3) is 0.529. The average molecular weight is 298 g/mol. The van der Waals surface area contributed by atoms with Gasteiger partial charge in [0.2, 0.25) is 5.91 Å². The zero-order chi connectivity index (χ0) is 15.5. The van der Waals surface area contributed by atoms with E-state index < -0.39 is 5.54 Å². The Bertz CT molecular complexity index is 738. The van der Waals surface area contributed by atoms with Crippen LogP contribution in [0.5, 0.6) is 0 Å². The van der Waals surface area contributed by atoms with Crippen molar-refractivity contribution in [3.63, 3.8) is 0 Å². The van der Waals surface area contributed by atoms with Crippen LogP contribution in [0.4, 0.5) is 0 Å². The molecule has 1 amide bonds. The Hall–Kier alpha value is -1.88. The van der Waals surface area contributed by atoms with Crippen molar-refractivity contribution in [3.05, 3.63) is 35.8 Å². The molecule has 2 aromatic heterocycles. The first-order valence-electron chi connectivity index (χ1n) is 7.96. The fourth-order valence-corrected chi connectivity index (χ4v) is 4.12. The van der Waals surface area contributed by atoms with Gasteiger partial charge in [0, 0.05) is 12.1 Å². The maximum Gasteiger partial charge on any atom is 0.224 e. The lowest BCUT2D eigenvalue weighted by molar-refractivity contribution is -0.124. The highest BCUT2D eigenvalue weighted by Gasteiger charge is 2.57. The third kappa shape index (κ3) is 1.96. The zero-order valence-corrected chi connectivity index (χ0v) is 13.3. The quantitative estimate of drug-likeness (QED) is 0.902. The van der Waals surface area contributed by atoms with Crippen LogP contribution < -0.4 is 10.6 Å². The normalized spacial score (nSPS) is 27.0. The molecule has 2 N–H and O–H groups in total. The van der Waals surface area contributed by atoms with E-state index in [-0.39, 0.29) is 11.8 Å². The third-order valence-corrected chi connectivity index (χ3v) is 5.13. The Morgan fingerprint density at radius 2 is 2.09 bits per heavy atom. The summed E-state index contributed by atoms with van der Waals surface area (Å²) < 4.78 is 2.07. The van der Waals surface area contributed by atoms with E-state index in [0.29, 0.717) is 11.8 Å². The molecule has 2 aromatic rings. The number of amides is 1. The monoisotopic (exact) mass is 298 g/mol. The number of carbonyl (C=O) groups is 1. The number of imidazole rings is 1. The molecule has 0 bridgehead atoms. The van der Waals surface area contributed by atoms with E-state index in [4.69, 9.17) is 0 Å². The molecule has 5 heteroatoms. The number of piperidine rings is 1. The van der Waals surface area contributed by atoms with Crippen molar-refractivity contribution in [3.8, 4) is 0 Å². The second kappa shape index (κ2) is 4.56. The van der Waals surface area contributed by atoms with Crippen LogP contribution in [0.1, 0.15) is 25.2 Å². The number of aryl methyl sites for hydroxylation is 1. The van der Waals surface area contributed by atoms with Crippen molar-refractivity contribution >= 4 is 11.6 Å². The topological polar surface area (TPSA) is 58.4 Å². The number of nitrogens with one attached hydrogen (secondary N) is 2. The van der Waals surface area contributed by atoms with E-state index in [0.717, 1.165) is 30.1 Å². The van der Waals surface area contributed by atoms with Crippen molar-refractivity contribution in [2.24, 2.45) is 17.8 Å². The van der Waals surface area contributed by atoms with Gasteiger partial charge in [-0.25, -0.2) is 4.98 Å². The van der Waals surface area contributed by atoms with E-state index >= 15 is 0 Å².